The quantitative estimate of drug-likeness (QED) is 0.703. The summed E-state index contributed by atoms with van der Waals surface area (Å²) < 4.78 is 5.59. The van der Waals surface area contributed by atoms with Crippen molar-refractivity contribution in [1.82, 2.24) is 5.32 Å². The summed E-state index contributed by atoms with van der Waals surface area (Å²) in [6, 6.07) is 4.92. The average Bonchev–Trinajstić information content (AvgIpc) is 2.70. The van der Waals surface area contributed by atoms with Gasteiger partial charge in [-0.15, -0.1) is 11.3 Å². The van der Waals surface area contributed by atoms with Gasteiger partial charge in [0.25, 0.3) is 0 Å². The molecule has 0 fully saturated rings. The Morgan fingerprint density at radius 1 is 1.31 bits per heavy atom. The topological polar surface area (TPSA) is 21.3 Å². The molecule has 0 radical (unpaired) electrons. The molecular formula is C13H23NOS. The molecule has 0 bridgehead atoms. The van der Waals surface area contributed by atoms with Crippen LogP contribution in [0.15, 0.2) is 12.1 Å². The van der Waals surface area contributed by atoms with Crippen LogP contribution in [0.2, 0.25) is 0 Å². The highest BCUT2D eigenvalue weighted by Crippen LogP contribution is 2.17. The number of hydrogen-bond donors (Lipinski definition) is 1. The fourth-order valence-electron chi connectivity index (χ4n) is 1.32. The summed E-state index contributed by atoms with van der Waals surface area (Å²) in [5.41, 5.74) is 0. The van der Waals surface area contributed by atoms with E-state index in [1.807, 2.05) is 11.3 Å². The van der Waals surface area contributed by atoms with E-state index >= 15 is 0 Å². The highest BCUT2D eigenvalue weighted by Gasteiger charge is 2.01. The van der Waals surface area contributed by atoms with E-state index in [9.17, 15) is 0 Å². The number of nitrogens with one attached hydrogen (secondary N) is 1. The first kappa shape index (κ1) is 13.7. The molecule has 1 N–H and O–H groups in total. The molecule has 3 heteroatoms. The Bertz CT molecular complexity index is 283. The number of thiophene rings is 1. The van der Waals surface area contributed by atoms with Crippen molar-refractivity contribution in [3.05, 3.63) is 21.9 Å². The molecule has 92 valence electrons. The zero-order chi connectivity index (χ0) is 11.8. The van der Waals surface area contributed by atoms with Crippen molar-refractivity contribution < 1.29 is 4.74 Å². The lowest BCUT2D eigenvalue weighted by molar-refractivity contribution is 0.120. The van der Waals surface area contributed by atoms with E-state index in [4.69, 9.17) is 4.74 Å². The molecule has 0 spiro atoms. The second-order valence-electron chi connectivity index (χ2n) is 4.31. The number of hydrogen-bond acceptors (Lipinski definition) is 3. The molecule has 1 aromatic rings. The van der Waals surface area contributed by atoms with Crippen molar-refractivity contribution in [2.45, 2.75) is 52.8 Å². The average molecular weight is 241 g/mol. The zero-order valence-electron chi connectivity index (χ0n) is 10.6. The maximum Gasteiger partial charge on any atom is 0.0809 e. The molecule has 0 aromatic carbocycles. The van der Waals surface area contributed by atoms with Crippen molar-refractivity contribution in [3.63, 3.8) is 0 Å². The molecule has 0 aliphatic rings. The van der Waals surface area contributed by atoms with E-state index < -0.39 is 0 Å². The Morgan fingerprint density at radius 3 is 2.75 bits per heavy atom. The first-order valence-corrected chi connectivity index (χ1v) is 6.92. The maximum atomic E-state index is 5.59. The van der Waals surface area contributed by atoms with Crippen molar-refractivity contribution in [3.8, 4) is 0 Å². The van der Waals surface area contributed by atoms with Crippen LogP contribution >= 0.6 is 11.3 Å². The van der Waals surface area contributed by atoms with E-state index in [0.717, 1.165) is 26.2 Å². The minimum absolute atomic E-state index is 0.548. The number of rotatable bonds is 8. The van der Waals surface area contributed by atoms with Gasteiger partial charge in [-0.25, -0.2) is 0 Å². The van der Waals surface area contributed by atoms with E-state index in [-0.39, 0.29) is 0 Å². The maximum absolute atomic E-state index is 5.59. The Balaban J connectivity index is 2.22. The summed E-state index contributed by atoms with van der Waals surface area (Å²) in [6.07, 6.45) is 2.36. The van der Waals surface area contributed by atoms with Crippen LogP contribution in [0, 0.1) is 0 Å². The van der Waals surface area contributed by atoms with Gasteiger partial charge >= 0.3 is 0 Å². The van der Waals surface area contributed by atoms with Crippen LogP contribution in [-0.4, -0.2) is 12.6 Å². The standard InChI is InChI=1S/C13H23NOS/c1-4-5-8-15-10-13-7-6-12(16-13)9-14-11(2)3/h6-7,11,14H,4-5,8-10H2,1-3H3. The predicted octanol–water partition coefficient (Wildman–Crippen LogP) is 3.56. The summed E-state index contributed by atoms with van der Waals surface area (Å²) in [7, 11) is 0. The monoisotopic (exact) mass is 241 g/mol. The first-order chi connectivity index (χ1) is 7.72. The van der Waals surface area contributed by atoms with Gasteiger partial charge in [0, 0.05) is 28.9 Å². The van der Waals surface area contributed by atoms with E-state index in [1.54, 1.807) is 0 Å². The van der Waals surface area contributed by atoms with Crippen molar-refractivity contribution in [2.24, 2.45) is 0 Å². The molecule has 0 saturated carbocycles. The normalized spacial score (nSPS) is 11.2. The Kier molecular flexibility index (Phi) is 6.69. The SMILES string of the molecule is CCCCOCc1ccc(CNC(C)C)s1. The van der Waals surface area contributed by atoms with Gasteiger partial charge in [-0.05, 0) is 18.6 Å². The lowest BCUT2D eigenvalue weighted by atomic mass is 10.3. The molecule has 0 unspecified atom stereocenters. The van der Waals surface area contributed by atoms with Gasteiger partial charge in [-0.2, -0.15) is 0 Å². The first-order valence-electron chi connectivity index (χ1n) is 6.11. The van der Waals surface area contributed by atoms with Crippen LogP contribution in [0.1, 0.15) is 43.4 Å². The van der Waals surface area contributed by atoms with Gasteiger partial charge in [0.2, 0.25) is 0 Å². The Morgan fingerprint density at radius 2 is 2.06 bits per heavy atom. The lowest BCUT2D eigenvalue weighted by Crippen LogP contribution is -2.21. The summed E-state index contributed by atoms with van der Waals surface area (Å²) in [4.78, 5) is 2.72. The fraction of sp³-hybridized carbons (Fsp3) is 0.692. The lowest BCUT2D eigenvalue weighted by Gasteiger charge is -2.05. The van der Waals surface area contributed by atoms with Crippen LogP contribution in [0.4, 0.5) is 0 Å². The van der Waals surface area contributed by atoms with Gasteiger partial charge in [0.1, 0.15) is 0 Å². The molecule has 0 atom stereocenters. The van der Waals surface area contributed by atoms with E-state index in [1.165, 1.54) is 16.2 Å². The van der Waals surface area contributed by atoms with Gasteiger partial charge in [-0.3, -0.25) is 0 Å². The van der Waals surface area contributed by atoms with Gasteiger partial charge in [0.05, 0.1) is 6.61 Å². The van der Waals surface area contributed by atoms with Crippen molar-refractivity contribution in [1.29, 1.82) is 0 Å². The predicted molar refractivity (Wildman–Crippen MR) is 70.9 cm³/mol. The summed E-state index contributed by atoms with van der Waals surface area (Å²) in [6.45, 7) is 9.15. The zero-order valence-corrected chi connectivity index (χ0v) is 11.4. The minimum Gasteiger partial charge on any atom is -0.376 e. The second-order valence-corrected chi connectivity index (χ2v) is 5.56. The summed E-state index contributed by atoms with van der Waals surface area (Å²) >= 11 is 1.85. The molecule has 0 amide bonds. The number of ether oxygens (including phenoxy) is 1. The van der Waals surface area contributed by atoms with Crippen LogP contribution < -0.4 is 5.32 Å². The third-order valence-corrected chi connectivity index (χ3v) is 3.35. The van der Waals surface area contributed by atoms with Crippen LogP contribution in [0.25, 0.3) is 0 Å². The Hall–Kier alpha value is -0.380. The smallest absolute Gasteiger partial charge is 0.0809 e. The molecule has 1 aromatic heterocycles. The van der Waals surface area contributed by atoms with E-state index in [2.05, 4.69) is 38.2 Å². The van der Waals surface area contributed by atoms with Crippen molar-refractivity contribution in [2.75, 3.05) is 6.61 Å². The van der Waals surface area contributed by atoms with Crippen LogP contribution in [0.3, 0.4) is 0 Å². The molecule has 1 heterocycles. The molecule has 0 saturated heterocycles. The molecule has 2 nitrogen and oxygen atoms in total. The van der Waals surface area contributed by atoms with Crippen LogP contribution in [0.5, 0.6) is 0 Å². The molecule has 0 aliphatic carbocycles. The molecule has 16 heavy (non-hydrogen) atoms. The fourth-order valence-corrected chi connectivity index (χ4v) is 2.23. The minimum atomic E-state index is 0.548. The molecule has 0 aliphatic heterocycles. The summed E-state index contributed by atoms with van der Waals surface area (Å²) in [5.74, 6) is 0. The summed E-state index contributed by atoms with van der Waals surface area (Å²) in [5, 5.41) is 3.42. The Labute approximate surface area is 103 Å². The van der Waals surface area contributed by atoms with Gasteiger partial charge < -0.3 is 10.1 Å². The number of unbranched alkanes of at least 4 members (excludes halogenated alkanes) is 1. The van der Waals surface area contributed by atoms with Crippen molar-refractivity contribution >= 4 is 11.3 Å². The molecule has 1 rings (SSSR count). The van der Waals surface area contributed by atoms with Gasteiger partial charge in [0.15, 0.2) is 0 Å². The third kappa shape index (κ3) is 5.64. The second kappa shape index (κ2) is 7.82. The molecular weight excluding hydrogens is 218 g/mol. The van der Waals surface area contributed by atoms with Crippen LogP contribution in [-0.2, 0) is 17.9 Å². The highest BCUT2D eigenvalue weighted by molar-refractivity contribution is 7.11. The van der Waals surface area contributed by atoms with Gasteiger partial charge in [-0.1, -0.05) is 27.2 Å². The largest absolute Gasteiger partial charge is 0.376 e. The third-order valence-electron chi connectivity index (χ3n) is 2.29. The van der Waals surface area contributed by atoms with E-state index in [0.29, 0.717) is 6.04 Å². The highest BCUT2D eigenvalue weighted by atomic mass is 32.1.